The molecule has 0 aromatic carbocycles. The van der Waals surface area contributed by atoms with Crippen LogP contribution in [0.4, 0.5) is 0 Å². The van der Waals surface area contributed by atoms with Crippen molar-refractivity contribution in [1.29, 1.82) is 0 Å². The minimum absolute atomic E-state index is 0.238. The van der Waals surface area contributed by atoms with E-state index in [1.54, 1.807) is 6.08 Å². The number of carbonyl (C=O) groups is 1. The molecule has 3 fully saturated rings. The standard InChI is InChI=1S/C91H167NO18/c1-3-5-7-9-11-13-15-17-19-21-23-25-27-29-31-33-34-35-36-37-38-39-40-41-43-45-47-49-51-53-55-57-59-61-63-65-67-69-79(97)92-74(75(96)68-66-64-62-60-58-56-54-52-50-48-46-44-42-32-30-28-26-24-22-20-18-16-14-12-10-8-6-4-2)73-105-89-85(103)82(100)87(77(71-94)107-89)110-91-86(104)83(101)88(78(72-95)108-91)109-90-84(102)81(99)80(98)76(70-93)106-90/h15,17,21,23,27,29,58,60,66,68,74-78,80-91,93-96,98-104H,3-14,16,18-20,22,24-26,28,30-57,59,61-65,67,69-73H2,1-2H3,(H,92,97)/b17-15-,23-21-,29-27-,60-58+,68-66+. The van der Waals surface area contributed by atoms with E-state index in [0.29, 0.717) is 12.8 Å². The van der Waals surface area contributed by atoms with Gasteiger partial charge in [-0.1, -0.05) is 364 Å². The van der Waals surface area contributed by atoms with Crippen LogP contribution < -0.4 is 5.32 Å². The fourth-order valence-electron chi connectivity index (χ4n) is 15.3. The van der Waals surface area contributed by atoms with Crippen molar-refractivity contribution in [1.82, 2.24) is 5.32 Å². The number of hydrogen-bond donors (Lipinski definition) is 12. The van der Waals surface area contributed by atoms with Gasteiger partial charge in [0.1, 0.15) is 73.2 Å². The maximum Gasteiger partial charge on any atom is 0.220 e. The molecule has 17 unspecified atom stereocenters. The van der Waals surface area contributed by atoms with Gasteiger partial charge < -0.3 is 89.9 Å². The fourth-order valence-corrected chi connectivity index (χ4v) is 15.3. The molecular formula is C91H167NO18. The molecule has 3 heterocycles. The zero-order valence-electron chi connectivity index (χ0n) is 69.5. The van der Waals surface area contributed by atoms with E-state index in [1.807, 2.05) is 6.08 Å². The van der Waals surface area contributed by atoms with Gasteiger partial charge in [-0.05, 0) is 70.6 Å². The Balaban J connectivity index is 1.32. The van der Waals surface area contributed by atoms with Crippen molar-refractivity contribution in [2.24, 2.45) is 0 Å². The highest BCUT2D eigenvalue weighted by molar-refractivity contribution is 5.76. The molecule has 0 radical (unpaired) electrons. The smallest absolute Gasteiger partial charge is 0.220 e. The van der Waals surface area contributed by atoms with Gasteiger partial charge in [0, 0.05) is 6.42 Å². The van der Waals surface area contributed by atoms with Crippen LogP contribution in [0.15, 0.2) is 60.8 Å². The lowest BCUT2D eigenvalue weighted by molar-refractivity contribution is -0.379. The summed E-state index contributed by atoms with van der Waals surface area (Å²) in [7, 11) is 0. The van der Waals surface area contributed by atoms with Crippen LogP contribution in [0.3, 0.4) is 0 Å². The highest BCUT2D eigenvalue weighted by Crippen LogP contribution is 2.34. The molecule has 3 aliphatic rings. The summed E-state index contributed by atoms with van der Waals surface area (Å²) in [6.45, 7) is 1.76. The van der Waals surface area contributed by atoms with E-state index in [1.165, 1.54) is 295 Å². The van der Waals surface area contributed by atoms with E-state index in [9.17, 15) is 61.0 Å². The molecule has 0 saturated carbocycles. The van der Waals surface area contributed by atoms with Crippen LogP contribution in [0, 0.1) is 0 Å². The molecule has 19 heteroatoms. The Morgan fingerprint density at radius 1 is 0.327 bits per heavy atom. The molecule has 3 aliphatic heterocycles. The first-order valence-electron chi connectivity index (χ1n) is 45.5. The number of ether oxygens (including phenoxy) is 6. The minimum atomic E-state index is -1.98. The van der Waals surface area contributed by atoms with Crippen LogP contribution in [0.5, 0.6) is 0 Å². The van der Waals surface area contributed by atoms with E-state index in [4.69, 9.17) is 28.4 Å². The second-order valence-corrected chi connectivity index (χ2v) is 32.4. The van der Waals surface area contributed by atoms with Gasteiger partial charge in [-0.3, -0.25) is 4.79 Å². The normalized spacial score (nSPS) is 25.4. The summed E-state index contributed by atoms with van der Waals surface area (Å²) < 4.78 is 34.5. The number of hydrogen-bond acceptors (Lipinski definition) is 18. The SMILES string of the molecule is CCCCCCC/C=C\C/C=C\C/C=C\CCCCCCCCCCCCCCCCCCCCCCCCC(=O)NC(COC1OC(CO)C(OC2OC(CO)C(OC3OC(CO)C(O)C(O)C3O)C(O)C2O)C(O)C1O)C(O)/C=C/CC/C=C/CCCCCCCCCCCCCCCCCCCCCCCC. The third-order valence-corrected chi connectivity index (χ3v) is 22.5. The summed E-state index contributed by atoms with van der Waals surface area (Å²) in [6.07, 6.45) is 66.7. The Hall–Kier alpha value is -2.51. The predicted octanol–water partition coefficient (Wildman–Crippen LogP) is 17.4. The van der Waals surface area contributed by atoms with E-state index in [-0.39, 0.29) is 18.9 Å². The van der Waals surface area contributed by atoms with E-state index < -0.39 is 124 Å². The van der Waals surface area contributed by atoms with Crippen molar-refractivity contribution in [3.05, 3.63) is 60.8 Å². The average molecular weight is 1560 g/mol. The molecule has 1 amide bonds. The van der Waals surface area contributed by atoms with Gasteiger partial charge >= 0.3 is 0 Å². The monoisotopic (exact) mass is 1560 g/mol. The average Bonchev–Trinajstić information content (AvgIpc) is 0.784. The van der Waals surface area contributed by atoms with Crippen LogP contribution in [-0.2, 0) is 33.2 Å². The van der Waals surface area contributed by atoms with Gasteiger partial charge in [0.2, 0.25) is 5.91 Å². The van der Waals surface area contributed by atoms with Crippen molar-refractivity contribution in [3.63, 3.8) is 0 Å². The second-order valence-electron chi connectivity index (χ2n) is 32.4. The summed E-state index contributed by atoms with van der Waals surface area (Å²) in [6, 6.07) is -0.993. The lowest BCUT2D eigenvalue weighted by Gasteiger charge is -2.48. The zero-order chi connectivity index (χ0) is 79.5. The van der Waals surface area contributed by atoms with Gasteiger partial charge in [-0.2, -0.15) is 0 Å². The number of nitrogens with one attached hydrogen (secondary N) is 1. The van der Waals surface area contributed by atoms with Gasteiger partial charge in [0.15, 0.2) is 18.9 Å². The summed E-state index contributed by atoms with van der Waals surface area (Å²) in [4.78, 5) is 13.5. The number of aliphatic hydroxyl groups excluding tert-OH is 11. The van der Waals surface area contributed by atoms with Crippen molar-refractivity contribution in [2.75, 3.05) is 26.4 Å². The summed E-state index contributed by atoms with van der Waals surface area (Å²) in [5, 5.41) is 121. The Morgan fingerprint density at radius 3 is 0.973 bits per heavy atom. The topological polar surface area (TPSA) is 307 Å². The van der Waals surface area contributed by atoms with E-state index in [0.717, 1.165) is 51.4 Å². The fraction of sp³-hybridized carbons (Fsp3) is 0.879. The summed E-state index contributed by atoms with van der Waals surface area (Å²) in [5.74, 6) is -0.279. The van der Waals surface area contributed by atoms with Gasteiger partial charge in [0.25, 0.3) is 0 Å². The first-order valence-corrected chi connectivity index (χ1v) is 45.5. The summed E-state index contributed by atoms with van der Waals surface area (Å²) in [5.41, 5.74) is 0. The van der Waals surface area contributed by atoms with Crippen LogP contribution >= 0.6 is 0 Å². The maximum absolute atomic E-state index is 13.5. The lowest BCUT2D eigenvalue weighted by atomic mass is 9.96. The molecule has 19 nitrogen and oxygen atoms in total. The number of rotatable bonds is 74. The molecule has 3 rings (SSSR count). The van der Waals surface area contributed by atoms with Crippen molar-refractivity contribution >= 4 is 5.91 Å². The second kappa shape index (κ2) is 70.7. The molecule has 12 N–H and O–H groups in total. The number of aliphatic hydroxyl groups is 11. The molecule has 0 aromatic heterocycles. The molecule has 0 bridgehead atoms. The quantitative estimate of drug-likeness (QED) is 0.0199. The van der Waals surface area contributed by atoms with Crippen molar-refractivity contribution < 1.29 is 89.4 Å². The number of amides is 1. The third kappa shape index (κ3) is 48.9. The number of allylic oxidation sites excluding steroid dienone is 9. The molecule has 17 atom stereocenters. The lowest BCUT2D eigenvalue weighted by Crippen LogP contribution is -2.66. The highest BCUT2D eigenvalue weighted by Gasteiger charge is 2.54. The Kier molecular flexibility index (Phi) is 65.3. The predicted molar refractivity (Wildman–Crippen MR) is 443 cm³/mol. The van der Waals surface area contributed by atoms with Crippen molar-refractivity contribution in [3.8, 4) is 0 Å². The third-order valence-electron chi connectivity index (χ3n) is 22.5. The van der Waals surface area contributed by atoms with Crippen LogP contribution in [0.25, 0.3) is 0 Å². The molecule has 644 valence electrons. The highest BCUT2D eigenvalue weighted by atomic mass is 16.8. The number of carbonyl (C=O) groups excluding carboxylic acids is 1. The first-order chi connectivity index (χ1) is 53.8. The largest absolute Gasteiger partial charge is 0.394 e. The number of unbranched alkanes of at least 4 members (excludes halogenated alkanes) is 50. The van der Waals surface area contributed by atoms with Crippen LogP contribution in [-0.4, -0.2) is 193 Å². The minimum Gasteiger partial charge on any atom is -0.394 e. The van der Waals surface area contributed by atoms with Gasteiger partial charge in [0.05, 0.1) is 38.6 Å². The van der Waals surface area contributed by atoms with E-state index in [2.05, 4.69) is 67.8 Å². The molecule has 0 spiro atoms. The van der Waals surface area contributed by atoms with E-state index >= 15 is 0 Å². The maximum atomic E-state index is 13.5. The van der Waals surface area contributed by atoms with Crippen molar-refractivity contribution in [2.45, 2.75) is 484 Å². The first kappa shape index (κ1) is 102. The van der Waals surface area contributed by atoms with Gasteiger partial charge in [-0.25, -0.2) is 0 Å². The Morgan fingerprint density at radius 2 is 0.609 bits per heavy atom. The molecule has 110 heavy (non-hydrogen) atoms. The molecule has 3 saturated heterocycles. The molecular weight excluding hydrogens is 1390 g/mol. The molecule has 0 aromatic rings. The zero-order valence-corrected chi connectivity index (χ0v) is 69.5. The molecule has 0 aliphatic carbocycles. The van der Waals surface area contributed by atoms with Crippen LogP contribution in [0.1, 0.15) is 380 Å². The Bertz CT molecular complexity index is 2220. The van der Waals surface area contributed by atoms with Gasteiger partial charge in [-0.15, -0.1) is 0 Å². The Labute approximate surface area is 668 Å². The van der Waals surface area contributed by atoms with Crippen LogP contribution in [0.2, 0.25) is 0 Å². The summed E-state index contributed by atoms with van der Waals surface area (Å²) >= 11 is 0.